The molecule has 2 aromatic carbocycles. The van der Waals surface area contributed by atoms with E-state index in [0.717, 1.165) is 23.5 Å². The Morgan fingerprint density at radius 2 is 1.74 bits per heavy atom. The van der Waals surface area contributed by atoms with Gasteiger partial charge in [-0.2, -0.15) is 0 Å². The number of likely N-dealkylation sites (N-methyl/N-ethyl adjacent to an activating group) is 1. The largest absolute Gasteiger partial charge is 0.495 e. The average Bonchev–Trinajstić information content (AvgIpc) is 3.50. The number of fused-ring (bicyclic) bond motifs is 1. The number of hydrogen-bond acceptors (Lipinski definition) is 7. The minimum absolute atomic E-state index is 0.0362. The molecule has 2 heterocycles. The molecule has 1 aromatic heterocycles. The Bertz CT molecular complexity index is 1140. The van der Waals surface area contributed by atoms with E-state index in [-0.39, 0.29) is 18.2 Å². The van der Waals surface area contributed by atoms with Gasteiger partial charge in [-0.3, -0.25) is 14.5 Å². The van der Waals surface area contributed by atoms with Crippen molar-refractivity contribution in [2.75, 3.05) is 56.7 Å². The van der Waals surface area contributed by atoms with E-state index in [1.54, 1.807) is 24.0 Å². The molecule has 1 saturated heterocycles. The highest BCUT2D eigenvalue weighted by molar-refractivity contribution is 7.22. The minimum Gasteiger partial charge on any atom is -0.495 e. The van der Waals surface area contributed by atoms with E-state index >= 15 is 0 Å². The van der Waals surface area contributed by atoms with Crippen molar-refractivity contribution in [3.63, 3.8) is 0 Å². The highest BCUT2D eigenvalue weighted by atomic mass is 32.1. The number of thiazole rings is 1. The topological polar surface area (TPSA) is 75.2 Å². The molecule has 0 saturated carbocycles. The van der Waals surface area contributed by atoms with E-state index in [1.165, 1.54) is 11.3 Å². The second kappa shape index (κ2) is 11.0. The summed E-state index contributed by atoms with van der Waals surface area (Å²) in [6.07, 6.45) is 0.188. The Morgan fingerprint density at radius 1 is 1.06 bits per heavy atom. The molecule has 2 amide bonds. The molecule has 0 bridgehead atoms. The van der Waals surface area contributed by atoms with Gasteiger partial charge in [0.05, 0.1) is 20.1 Å². The zero-order valence-corrected chi connectivity index (χ0v) is 21.5. The van der Waals surface area contributed by atoms with Crippen molar-refractivity contribution in [1.29, 1.82) is 0 Å². The summed E-state index contributed by atoms with van der Waals surface area (Å²) in [5.74, 6) is 0.764. The summed E-state index contributed by atoms with van der Waals surface area (Å²) in [4.78, 5) is 37.2. The van der Waals surface area contributed by atoms with Gasteiger partial charge in [-0.15, -0.1) is 0 Å². The van der Waals surface area contributed by atoms with Crippen LogP contribution in [-0.2, 0) is 9.59 Å². The SMILES string of the molecule is CCN(CC)CCN(C(=O)C1CC(=O)N(c2ccccc2)C1)c1nc2c(OC)ccc(OC)c2s1. The van der Waals surface area contributed by atoms with Crippen LogP contribution in [0.4, 0.5) is 10.8 Å². The van der Waals surface area contributed by atoms with Crippen molar-refractivity contribution in [3.8, 4) is 11.5 Å². The fourth-order valence-corrected chi connectivity index (χ4v) is 5.53. The lowest BCUT2D eigenvalue weighted by Gasteiger charge is -2.26. The molecule has 9 heteroatoms. The average molecular weight is 497 g/mol. The smallest absolute Gasteiger partial charge is 0.234 e. The molecule has 1 aliphatic rings. The molecule has 1 unspecified atom stereocenters. The van der Waals surface area contributed by atoms with Crippen LogP contribution < -0.4 is 19.3 Å². The second-order valence-corrected chi connectivity index (χ2v) is 9.38. The molecule has 1 fully saturated rings. The van der Waals surface area contributed by atoms with E-state index in [4.69, 9.17) is 14.5 Å². The molecular formula is C26H32N4O4S. The van der Waals surface area contributed by atoms with Gasteiger partial charge in [-0.1, -0.05) is 43.4 Å². The van der Waals surface area contributed by atoms with Gasteiger partial charge >= 0.3 is 0 Å². The normalized spacial score (nSPS) is 15.7. The molecule has 3 aromatic rings. The summed E-state index contributed by atoms with van der Waals surface area (Å²) in [5, 5.41) is 0.588. The Labute approximate surface area is 210 Å². The maximum atomic E-state index is 13.9. The highest BCUT2D eigenvalue weighted by Crippen LogP contribution is 2.40. The fourth-order valence-electron chi connectivity index (χ4n) is 4.42. The van der Waals surface area contributed by atoms with Gasteiger partial charge in [0.2, 0.25) is 11.8 Å². The van der Waals surface area contributed by atoms with Gasteiger partial charge in [0.25, 0.3) is 0 Å². The summed E-state index contributed by atoms with van der Waals surface area (Å²) in [7, 11) is 3.22. The van der Waals surface area contributed by atoms with Crippen LogP contribution in [0.1, 0.15) is 20.3 Å². The van der Waals surface area contributed by atoms with Crippen molar-refractivity contribution in [2.45, 2.75) is 20.3 Å². The Balaban J connectivity index is 1.67. The predicted molar refractivity (Wildman–Crippen MR) is 140 cm³/mol. The number of amides is 2. The summed E-state index contributed by atoms with van der Waals surface area (Å²) in [6, 6.07) is 13.2. The first-order valence-electron chi connectivity index (χ1n) is 11.9. The van der Waals surface area contributed by atoms with Crippen LogP contribution in [-0.4, -0.2) is 68.6 Å². The van der Waals surface area contributed by atoms with Crippen LogP contribution in [0.2, 0.25) is 0 Å². The second-order valence-electron chi connectivity index (χ2n) is 8.40. The lowest BCUT2D eigenvalue weighted by molar-refractivity contribution is -0.124. The van der Waals surface area contributed by atoms with Gasteiger partial charge in [0, 0.05) is 31.7 Å². The number of para-hydroxylation sites is 1. The maximum Gasteiger partial charge on any atom is 0.234 e. The number of carbonyl (C=O) groups excluding carboxylic acids is 2. The first-order valence-corrected chi connectivity index (χ1v) is 12.7. The molecule has 1 atom stereocenters. The van der Waals surface area contributed by atoms with Crippen LogP contribution in [0.25, 0.3) is 10.2 Å². The summed E-state index contributed by atoms with van der Waals surface area (Å²) in [5.41, 5.74) is 1.48. The Hall–Kier alpha value is -3.17. The lowest BCUT2D eigenvalue weighted by Crippen LogP contribution is -2.42. The van der Waals surface area contributed by atoms with Crippen LogP contribution in [0.15, 0.2) is 42.5 Å². The molecule has 8 nitrogen and oxygen atoms in total. The van der Waals surface area contributed by atoms with E-state index in [2.05, 4.69) is 18.7 Å². The Kier molecular flexibility index (Phi) is 7.87. The third kappa shape index (κ3) is 5.11. The fraction of sp³-hybridized carbons (Fsp3) is 0.423. The van der Waals surface area contributed by atoms with E-state index < -0.39 is 5.92 Å². The number of anilines is 2. The number of aromatic nitrogens is 1. The van der Waals surface area contributed by atoms with Crippen molar-refractivity contribution in [1.82, 2.24) is 9.88 Å². The molecule has 0 aliphatic carbocycles. The summed E-state index contributed by atoms with van der Waals surface area (Å²) >= 11 is 1.41. The first-order chi connectivity index (χ1) is 17.0. The van der Waals surface area contributed by atoms with Crippen LogP contribution >= 0.6 is 11.3 Å². The number of ether oxygens (including phenoxy) is 2. The maximum absolute atomic E-state index is 13.9. The minimum atomic E-state index is -0.435. The molecule has 0 N–H and O–H groups in total. The van der Waals surface area contributed by atoms with Gasteiger partial charge < -0.3 is 19.3 Å². The monoisotopic (exact) mass is 496 g/mol. The molecule has 186 valence electrons. The number of carbonyl (C=O) groups is 2. The third-order valence-electron chi connectivity index (χ3n) is 6.47. The van der Waals surface area contributed by atoms with Crippen LogP contribution in [0.3, 0.4) is 0 Å². The van der Waals surface area contributed by atoms with Gasteiger partial charge in [0.15, 0.2) is 5.13 Å². The van der Waals surface area contributed by atoms with E-state index in [9.17, 15) is 9.59 Å². The van der Waals surface area contributed by atoms with Crippen molar-refractivity contribution >= 4 is 44.2 Å². The summed E-state index contributed by atoms with van der Waals surface area (Å²) in [6.45, 7) is 7.56. The Morgan fingerprint density at radius 3 is 2.40 bits per heavy atom. The number of rotatable bonds is 10. The standard InChI is InChI=1S/C26H32N4O4S/c1-5-28(6-2)14-15-29(26-27-23-20(33-3)12-13-21(34-4)24(23)35-26)25(32)18-16-22(31)30(17-18)19-10-8-7-9-11-19/h7-13,18H,5-6,14-17H2,1-4H3. The first kappa shape index (κ1) is 24.9. The molecule has 35 heavy (non-hydrogen) atoms. The quantitative estimate of drug-likeness (QED) is 0.422. The van der Waals surface area contributed by atoms with Crippen molar-refractivity contribution in [2.24, 2.45) is 5.92 Å². The van der Waals surface area contributed by atoms with Gasteiger partial charge in [-0.05, 0) is 37.4 Å². The van der Waals surface area contributed by atoms with Gasteiger partial charge in [-0.25, -0.2) is 4.98 Å². The molecule has 0 radical (unpaired) electrons. The number of methoxy groups -OCH3 is 2. The van der Waals surface area contributed by atoms with E-state index in [1.807, 2.05) is 42.5 Å². The highest BCUT2D eigenvalue weighted by Gasteiger charge is 2.38. The molecule has 0 spiro atoms. The molecule has 1 aliphatic heterocycles. The van der Waals surface area contributed by atoms with Crippen molar-refractivity contribution < 1.29 is 19.1 Å². The van der Waals surface area contributed by atoms with E-state index in [0.29, 0.717) is 41.8 Å². The molecule has 4 rings (SSSR count). The van der Waals surface area contributed by atoms with Crippen LogP contribution in [0.5, 0.6) is 11.5 Å². The molecular weight excluding hydrogens is 464 g/mol. The predicted octanol–water partition coefficient (Wildman–Crippen LogP) is 4.04. The number of hydrogen-bond donors (Lipinski definition) is 0. The van der Waals surface area contributed by atoms with Gasteiger partial charge in [0.1, 0.15) is 21.7 Å². The lowest BCUT2D eigenvalue weighted by atomic mass is 10.1. The summed E-state index contributed by atoms with van der Waals surface area (Å²) < 4.78 is 11.9. The van der Waals surface area contributed by atoms with Crippen molar-refractivity contribution in [3.05, 3.63) is 42.5 Å². The third-order valence-corrected chi connectivity index (χ3v) is 7.57. The number of benzene rings is 2. The zero-order chi connectivity index (χ0) is 24.9. The zero-order valence-electron chi connectivity index (χ0n) is 20.7. The van der Waals surface area contributed by atoms with Crippen LogP contribution in [0, 0.1) is 5.92 Å². The number of nitrogens with zero attached hydrogens (tertiary/aromatic N) is 4.